The van der Waals surface area contributed by atoms with E-state index in [0.29, 0.717) is 41.9 Å². The minimum atomic E-state index is -1.35. The van der Waals surface area contributed by atoms with Gasteiger partial charge in [-0.1, -0.05) is 18.6 Å². The number of rotatable bonds is 4. The summed E-state index contributed by atoms with van der Waals surface area (Å²) in [6.45, 7) is 6.34. The number of allylic oxidation sites excluding steroid dienone is 2. The third-order valence-corrected chi connectivity index (χ3v) is 9.57. The molecule has 5 nitrogen and oxygen atoms in total. The Kier molecular flexibility index (Phi) is 4.55. The van der Waals surface area contributed by atoms with Crippen LogP contribution < -0.4 is 0 Å². The van der Waals surface area contributed by atoms with Gasteiger partial charge in [-0.2, -0.15) is 0 Å². The van der Waals surface area contributed by atoms with Crippen LogP contribution in [-0.4, -0.2) is 27.8 Å². The highest BCUT2D eigenvalue weighted by Crippen LogP contribution is 2.77. The molecule has 5 aliphatic rings. The summed E-state index contributed by atoms with van der Waals surface area (Å²) in [5.41, 5.74) is 0.0753. The monoisotopic (exact) mass is 412 g/mol. The van der Waals surface area contributed by atoms with Gasteiger partial charge in [0.25, 0.3) is 0 Å². The summed E-state index contributed by atoms with van der Waals surface area (Å²) in [6, 6.07) is 0. The Morgan fingerprint density at radius 2 is 2.17 bits per heavy atom. The molecular weight excluding hydrogens is 380 g/mol. The van der Waals surface area contributed by atoms with Crippen molar-refractivity contribution in [2.24, 2.45) is 46.8 Å². The zero-order valence-corrected chi connectivity index (χ0v) is 17.6. The van der Waals surface area contributed by atoms with E-state index in [4.69, 9.17) is 5.11 Å². The van der Waals surface area contributed by atoms with Crippen molar-refractivity contribution >= 4 is 11.9 Å². The summed E-state index contributed by atoms with van der Waals surface area (Å²) in [7, 11) is 0. The minimum absolute atomic E-state index is 0.185. The average molecular weight is 413 g/mol. The Morgan fingerprint density at radius 3 is 2.87 bits per heavy atom. The second-order valence-electron chi connectivity index (χ2n) is 10.3. The van der Waals surface area contributed by atoms with Crippen LogP contribution >= 0.6 is 0 Å². The Balaban J connectivity index is 1.53. The summed E-state index contributed by atoms with van der Waals surface area (Å²) in [5, 5.41) is 20.8. The topological polar surface area (TPSA) is 83.8 Å². The van der Waals surface area contributed by atoms with Gasteiger partial charge in [0.15, 0.2) is 5.78 Å². The highest BCUT2D eigenvalue weighted by Gasteiger charge is 2.76. The number of hydrogen-bond acceptors (Lipinski definition) is 4. The molecule has 0 amide bonds. The number of hydrogen-bond donors (Lipinski definition) is 2. The molecule has 5 rings (SSSR count). The van der Waals surface area contributed by atoms with Crippen LogP contribution in [0.25, 0.3) is 0 Å². The summed E-state index contributed by atoms with van der Waals surface area (Å²) in [4.78, 5) is 22.9. The van der Waals surface area contributed by atoms with Crippen molar-refractivity contribution in [3.8, 4) is 0 Å². The molecule has 0 spiro atoms. The van der Waals surface area contributed by atoms with Gasteiger partial charge in [-0.05, 0) is 92.1 Å². The fraction of sp³-hybridized carbons (Fsp3) is 0.680. The first kappa shape index (κ1) is 20.0. The van der Waals surface area contributed by atoms with Crippen LogP contribution in [0.15, 0.2) is 36.6 Å². The first-order chi connectivity index (χ1) is 14.4. The van der Waals surface area contributed by atoms with E-state index in [1.54, 1.807) is 6.08 Å². The van der Waals surface area contributed by atoms with E-state index in [-0.39, 0.29) is 17.1 Å². The van der Waals surface area contributed by atoms with Crippen LogP contribution in [0.4, 0.5) is 4.79 Å². The molecule has 0 aromatic rings. The number of carbonyl (C=O) groups is 2. The maximum absolute atomic E-state index is 12.0. The smallest absolute Gasteiger partial charge is 0.449 e. The Labute approximate surface area is 177 Å². The quantitative estimate of drug-likeness (QED) is 0.396. The molecule has 0 saturated heterocycles. The fourth-order valence-electron chi connectivity index (χ4n) is 8.52. The number of fused-ring (bicyclic) bond motifs is 7. The lowest BCUT2D eigenvalue weighted by Gasteiger charge is -2.59. The Bertz CT molecular complexity index is 842. The molecule has 0 aromatic carbocycles. The molecule has 0 radical (unpaired) electrons. The average Bonchev–Trinajstić information content (AvgIpc) is 3.48. The van der Waals surface area contributed by atoms with Gasteiger partial charge in [-0.3, -0.25) is 4.79 Å². The zero-order chi connectivity index (χ0) is 21.3. The molecular formula is C25H32O5. The largest absolute Gasteiger partial charge is 0.510 e. The molecule has 4 fully saturated rings. The normalized spacial score (nSPS) is 48.8. The van der Waals surface area contributed by atoms with Crippen LogP contribution in [0.3, 0.4) is 0 Å². The van der Waals surface area contributed by atoms with Crippen LogP contribution in [0.1, 0.15) is 51.9 Å². The molecule has 5 heteroatoms. The van der Waals surface area contributed by atoms with Crippen molar-refractivity contribution in [2.45, 2.75) is 57.5 Å². The summed E-state index contributed by atoms with van der Waals surface area (Å²) >= 11 is 0. The van der Waals surface area contributed by atoms with Crippen LogP contribution in [0.2, 0.25) is 0 Å². The van der Waals surface area contributed by atoms with E-state index in [1.165, 1.54) is 11.8 Å². The number of carbonyl (C=O) groups excluding carboxylic acids is 1. The van der Waals surface area contributed by atoms with Gasteiger partial charge in [0.2, 0.25) is 0 Å². The third-order valence-electron chi connectivity index (χ3n) is 9.57. The Morgan fingerprint density at radius 1 is 1.37 bits per heavy atom. The number of aliphatic hydroxyl groups is 1. The van der Waals surface area contributed by atoms with E-state index in [9.17, 15) is 14.7 Å². The SMILES string of the molecule is C=C[C@H]1CC2=CC(=O)CC[C@@H]2[C@H]2CC[C@@]3(CC)[C@@H]([C@@H]4C[C@@H]4[C@@]3(O)/C=C\OC(=O)O)[C@@H]21. The van der Waals surface area contributed by atoms with E-state index >= 15 is 0 Å². The van der Waals surface area contributed by atoms with Gasteiger partial charge < -0.3 is 14.9 Å². The molecule has 162 valence electrons. The van der Waals surface area contributed by atoms with Gasteiger partial charge in [-0.25, -0.2) is 4.79 Å². The van der Waals surface area contributed by atoms with Crippen molar-refractivity contribution in [3.05, 3.63) is 36.6 Å². The van der Waals surface area contributed by atoms with Crippen molar-refractivity contribution in [1.82, 2.24) is 0 Å². The standard InChI is InChI=1S/C25H32O5/c1-3-14-11-15-12-16(26)5-6-17(15)18-7-8-24(4-2)22(21(14)18)19-13-20(19)25(24,29)9-10-30-23(27)28/h3,9-10,12,14,17-22,29H,1,4-8,11,13H2,2H3,(H,27,28)/b10-9-/t14-,17-,18+,19+,20-,21+,22-,24-,25-/m0/s1. The molecule has 9 atom stereocenters. The maximum atomic E-state index is 12.0. The van der Waals surface area contributed by atoms with Gasteiger partial charge in [0.05, 0.1) is 11.9 Å². The third kappa shape index (κ3) is 2.57. The van der Waals surface area contributed by atoms with Crippen LogP contribution in [0.5, 0.6) is 0 Å². The first-order valence-electron chi connectivity index (χ1n) is 11.5. The highest BCUT2D eigenvalue weighted by atomic mass is 16.7. The van der Waals surface area contributed by atoms with E-state index in [0.717, 1.165) is 38.5 Å². The highest BCUT2D eigenvalue weighted by molar-refractivity contribution is 5.91. The maximum Gasteiger partial charge on any atom is 0.510 e. The minimum Gasteiger partial charge on any atom is -0.449 e. The molecule has 0 aromatic heterocycles. The van der Waals surface area contributed by atoms with E-state index in [2.05, 4.69) is 24.3 Å². The van der Waals surface area contributed by atoms with Crippen molar-refractivity contribution in [1.29, 1.82) is 0 Å². The lowest BCUT2D eigenvalue weighted by atomic mass is 9.46. The van der Waals surface area contributed by atoms with Crippen LogP contribution in [0, 0.1) is 46.8 Å². The molecule has 4 saturated carbocycles. The van der Waals surface area contributed by atoms with Crippen molar-refractivity contribution < 1.29 is 24.5 Å². The number of ether oxygens (including phenoxy) is 1. The zero-order valence-electron chi connectivity index (χ0n) is 17.6. The van der Waals surface area contributed by atoms with Crippen molar-refractivity contribution in [2.75, 3.05) is 0 Å². The number of carboxylic acid groups (broad SMARTS) is 1. The van der Waals surface area contributed by atoms with E-state index in [1.807, 2.05) is 6.08 Å². The van der Waals surface area contributed by atoms with Gasteiger partial charge in [0.1, 0.15) is 0 Å². The summed E-state index contributed by atoms with van der Waals surface area (Å²) < 4.78 is 4.66. The summed E-state index contributed by atoms with van der Waals surface area (Å²) in [5.74, 6) is 3.20. The van der Waals surface area contributed by atoms with Crippen molar-refractivity contribution in [3.63, 3.8) is 0 Å². The van der Waals surface area contributed by atoms with Gasteiger partial charge in [-0.15, -0.1) is 6.58 Å². The van der Waals surface area contributed by atoms with Gasteiger partial charge in [0, 0.05) is 11.8 Å². The Hall–Kier alpha value is -1.88. The van der Waals surface area contributed by atoms with Crippen LogP contribution in [-0.2, 0) is 9.53 Å². The molecule has 2 N–H and O–H groups in total. The molecule has 0 unspecified atom stereocenters. The molecule has 0 heterocycles. The van der Waals surface area contributed by atoms with E-state index < -0.39 is 11.8 Å². The molecule has 5 aliphatic carbocycles. The molecule has 0 aliphatic heterocycles. The predicted octanol–water partition coefficient (Wildman–Crippen LogP) is 4.73. The lowest BCUT2D eigenvalue weighted by molar-refractivity contribution is -0.134. The summed E-state index contributed by atoms with van der Waals surface area (Å²) in [6.07, 6.45) is 11.9. The first-order valence-corrected chi connectivity index (χ1v) is 11.5. The molecule has 30 heavy (non-hydrogen) atoms. The molecule has 0 bridgehead atoms. The number of ketones is 1. The second-order valence-corrected chi connectivity index (χ2v) is 10.3. The predicted molar refractivity (Wildman–Crippen MR) is 111 cm³/mol. The lowest BCUT2D eigenvalue weighted by Crippen LogP contribution is -2.57. The fourth-order valence-corrected chi connectivity index (χ4v) is 8.52. The van der Waals surface area contributed by atoms with Gasteiger partial charge >= 0.3 is 6.16 Å². The second kappa shape index (κ2) is 6.81.